The minimum Gasteiger partial charge on any atom is -0.346 e. The first-order valence-electron chi connectivity index (χ1n) is 8.87. The van der Waals surface area contributed by atoms with Crippen molar-refractivity contribution in [3.8, 4) is 0 Å². The lowest BCUT2D eigenvalue weighted by Crippen LogP contribution is -2.27. The Labute approximate surface area is 159 Å². The highest BCUT2D eigenvalue weighted by Crippen LogP contribution is 2.15. The summed E-state index contributed by atoms with van der Waals surface area (Å²) in [6.45, 7) is 3.90. The molecule has 136 valence electrons. The van der Waals surface area contributed by atoms with Crippen LogP contribution in [-0.4, -0.2) is 11.8 Å². The molecular formula is C23H22N2O2. The van der Waals surface area contributed by atoms with E-state index in [4.69, 9.17) is 0 Å². The van der Waals surface area contributed by atoms with E-state index in [1.165, 1.54) is 0 Å². The fourth-order valence-corrected chi connectivity index (χ4v) is 2.83. The molecular weight excluding hydrogens is 336 g/mol. The van der Waals surface area contributed by atoms with Crippen LogP contribution < -0.4 is 10.6 Å². The van der Waals surface area contributed by atoms with Gasteiger partial charge in [0, 0.05) is 16.8 Å². The predicted octanol–water partition coefficient (Wildman–Crippen LogP) is 4.74. The van der Waals surface area contributed by atoms with Crippen molar-refractivity contribution in [3.05, 3.63) is 101 Å². The molecule has 2 N–H and O–H groups in total. The summed E-state index contributed by atoms with van der Waals surface area (Å²) in [4.78, 5) is 25.1. The molecule has 1 unspecified atom stereocenters. The van der Waals surface area contributed by atoms with Crippen molar-refractivity contribution in [2.45, 2.75) is 19.9 Å². The van der Waals surface area contributed by atoms with Gasteiger partial charge in [0.05, 0.1) is 6.04 Å². The topological polar surface area (TPSA) is 58.2 Å². The van der Waals surface area contributed by atoms with Gasteiger partial charge in [-0.05, 0) is 55.3 Å². The van der Waals surface area contributed by atoms with Crippen molar-refractivity contribution in [3.63, 3.8) is 0 Å². The second-order valence-electron chi connectivity index (χ2n) is 6.51. The highest BCUT2D eigenvalue weighted by Gasteiger charge is 2.14. The fourth-order valence-electron chi connectivity index (χ4n) is 2.83. The predicted molar refractivity (Wildman–Crippen MR) is 108 cm³/mol. The third-order valence-corrected chi connectivity index (χ3v) is 4.31. The summed E-state index contributed by atoms with van der Waals surface area (Å²) in [6, 6.07) is 23.9. The number of hydrogen-bond acceptors (Lipinski definition) is 2. The molecule has 4 nitrogen and oxygen atoms in total. The van der Waals surface area contributed by atoms with E-state index in [1.54, 1.807) is 24.3 Å². The summed E-state index contributed by atoms with van der Waals surface area (Å²) >= 11 is 0. The zero-order valence-electron chi connectivity index (χ0n) is 15.4. The van der Waals surface area contributed by atoms with Gasteiger partial charge < -0.3 is 10.6 Å². The van der Waals surface area contributed by atoms with Crippen molar-refractivity contribution in [2.75, 3.05) is 5.32 Å². The number of rotatable bonds is 5. The molecule has 3 aromatic rings. The molecule has 0 aliphatic rings. The van der Waals surface area contributed by atoms with Crippen LogP contribution in [0.25, 0.3) is 0 Å². The van der Waals surface area contributed by atoms with Crippen molar-refractivity contribution < 1.29 is 9.59 Å². The molecule has 0 radical (unpaired) electrons. The molecule has 0 aliphatic heterocycles. The summed E-state index contributed by atoms with van der Waals surface area (Å²) in [7, 11) is 0. The number of carbonyl (C=O) groups excluding carboxylic acids is 2. The molecule has 0 saturated carbocycles. The van der Waals surface area contributed by atoms with Gasteiger partial charge in [-0.15, -0.1) is 0 Å². The van der Waals surface area contributed by atoms with Gasteiger partial charge in [-0.1, -0.05) is 48.5 Å². The first-order chi connectivity index (χ1) is 13.0. The minimum absolute atomic E-state index is 0.122. The Balaban J connectivity index is 1.71. The molecule has 0 saturated heterocycles. The van der Waals surface area contributed by atoms with E-state index >= 15 is 0 Å². The van der Waals surface area contributed by atoms with E-state index in [9.17, 15) is 9.59 Å². The van der Waals surface area contributed by atoms with Crippen molar-refractivity contribution >= 4 is 17.5 Å². The van der Waals surface area contributed by atoms with Crippen molar-refractivity contribution in [1.29, 1.82) is 0 Å². The number of amides is 2. The molecule has 0 bridgehead atoms. The van der Waals surface area contributed by atoms with E-state index in [0.29, 0.717) is 11.1 Å². The molecule has 27 heavy (non-hydrogen) atoms. The monoisotopic (exact) mass is 358 g/mol. The van der Waals surface area contributed by atoms with E-state index in [1.807, 2.05) is 68.4 Å². The van der Waals surface area contributed by atoms with Crippen LogP contribution >= 0.6 is 0 Å². The molecule has 4 heteroatoms. The summed E-state index contributed by atoms with van der Waals surface area (Å²) < 4.78 is 0. The van der Waals surface area contributed by atoms with Gasteiger partial charge in [0.15, 0.2) is 0 Å². The van der Waals surface area contributed by atoms with Gasteiger partial charge in [0.2, 0.25) is 0 Å². The second kappa shape index (κ2) is 8.32. The van der Waals surface area contributed by atoms with E-state index < -0.39 is 0 Å². The zero-order chi connectivity index (χ0) is 19.2. The van der Waals surface area contributed by atoms with Gasteiger partial charge in [-0.3, -0.25) is 9.59 Å². The normalized spacial score (nSPS) is 11.5. The highest BCUT2D eigenvalue weighted by molar-refractivity contribution is 6.06. The van der Waals surface area contributed by atoms with Gasteiger partial charge in [-0.25, -0.2) is 0 Å². The number of anilines is 1. The van der Waals surface area contributed by atoms with Gasteiger partial charge in [-0.2, -0.15) is 0 Å². The average Bonchev–Trinajstić information content (AvgIpc) is 2.68. The largest absolute Gasteiger partial charge is 0.346 e. The first kappa shape index (κ1) is 18.4. The molecule has 0 heterocycles. The van der Waals surface area contributed by atoms with Crippen molar-refractivity contribution in [1.82, 2.24) is 5.32 Å². The number of nitrogens with one attached hydrogen (secondary N) is 2. The number of benzene rings is 3. The summed E-state index contributed by atoms with van der Waals surface area (Å²) in [5, 5.41) is 5.83. The van der Waals surface area contributed by atoms with Crippen LogP contribution in [-0.2, 0) is 0 Å². The van der Waals surface area contributed by atoms with Crippen LogP contribution in [0.5, 0.6) is 0 Å². The van der Waals surface area contributed by atoms with Crippen LogP contribution in [0.3, 0.4) is 0 Å². The van der Waals surface area contributed by atoms with E-state index in [0.717, 1.165) is 16.8 Å². The molecule has 3 aromatic carbocycles. The van der Waals surface area contributed by atoms with Crippen LogP contribution in [0.1, 0.15) is 44.8 Å². The Bertz CT molecular complexity index is 951. The van der Waals surface area contributed by atoms with Crippen molar-refractivity contribution in [2.24, 2.45) is 0 Å². The number of aryl methyl sites for hydroxylation is 1. The fraction of sp³-hybridized carbons (Fsp3) is 0.130. The molecule has 2 amide bonds. The maximum Gasteiger partial charge on any atom is 0.255 e. The second-order valence-corrected chi connectivity index (χ2v) is 6.51. The molecule has 0 aliphatic carbocycles. The van der Waals surface area contributed by atoms with Gasteiger partial charge >= 0.3 is 0 Å². The standard InChI is InChI=1S/C23H22N2O2/c1-16-8-6-13-21(14-16)25-23(27)20-12-7-11-19(15-20)22(26)24-17(2)18-9-4-3-5-10-18/h3-15,17H,1-2H3,(H,24,26)(H,25,27). The molecule has 0 spiro atoms. The molecule has 1 atom stereocenters. The minimum atomic E-state index is -0.244. The van der Waals surface area contributed by atoms with E-state index in [-0.39, 0.29) is 17.9 Å². The zero-order valence-corrected chi connectivity index (χ0v) is 15.4. The van der Waals surface area contributed by atoms with Crippen LogP contribution in [0.4, 0.5) is 5.69 Å². The average molecular weight is 358 g/mol. The lowest BCUT2D eigenvalue weighted by molar-refractivity contribution is 0.0940. The molecule has 3 rings (SSSR count). The lowest BCUT2D eigenvalue weighted by atomic mass is 10.1. The SMILES string of the molecule is Cc1cccc(NC(=O)c2cccc(C(=O)NC(C)c3ccccc3)c2)c1. The Morgan fingerprint density at radius 1 is 0.778 bits per heavy atom. The number of carbonyl (C=O) groups is 2. The Hall–Kier alpha value is -3.40. The first-order valence-corrected chi connectivity index (χ1v) is 8.87. The summed E-state index contributed by atoms with van der Waals surface area (Å²) in [5.41, 5.74) is 3.72. The van der Waals surface area contributed by atoms with Gasteiger partial charge in [0.25, 0.3) is 11.8 Å². The Morgan fingerprint density at radius 3 is 2.15 bits per heavy atom. The third kappa shape index (κ3) is 4.82. The van der Waals surface area contributed by atoms with Crippen LogP contribution in [0, 0.1) is 6.92 Å². The maximum atomic E-state index is 12.6. The quantitative estimate of drug-likeness (QED) is 0.692. The number of hydrogen-bond donors (Lipinski definition) is 2. The Morgan fingerprint density at radius 2 is 1.44 bits per heavy atom. The Kier molecular flexibility index (Phi) is 5.67. The third-order valence-electron chi connectivity index (χ3n) is 4.31. The van der Waals surface area contributed by atoms with E-state index in [2.05, 4.69) is 10.6 Å². The van der Waals surface area contributed by atoms with Gasteiger partial charge in [0.1, 0.15) is 0 Å². The van der Waals surface area contributed by atoms with Crippen LogP contribution in [0.2, 0.25) is 0 Å². The van der Waals surface area contributed by atoms with Crippen LogP contribution in [0.15, 0.2) is 78.9 Å². The molecule has 0 aromatic heterocycles. The smallest absolute Gasteiger partial charge is 0.255 e. The molecule has 0 fully saturated rings. The summed E-state index contributed by atoms with van der Waals surface area (Å²) in [6.07, 6.45) is 0. The maximum absolute atomic E-state index is 12.6. The summed E-state index contributed by atoms with van der Waals surface area (Å²) in [5.74, 6) is -0.456. The highest BCUT2D eigenvalue weighted by atomic mass is 16.2. The lowest BCUT2D eigenvalue weighted by Gasteiger charge is -2.14.